The molecule has 8 aromatic carbocycles. The van der Waals surface area contributed by atoms with Gasteiger partial charge in [-0.25, -0.2) is 0 Å². The molecule has 2 nitrogen and oxygen atoms in total. The van der Waals surface area contributed by atoms with Gasteiger partial charge in [-0.1, -0.05) is 172 Å². The summed E-state index contributed by atoms with van der Waals surface area (Å²) in [7, 11) is -2.57. The third-order valence-electron chi connectivity index (χ3n) is 11.8. The van der Waals surface area contributed by atoms with Gasteiger partial charge < -0.3 is 9.13 Å². The Balaban J connectivity index is 1.21. The minimum Gasteiger partial charge on any atom is -0.309 e. The summed E-state index contributed by atoms with van der Waals surface area (Å²) in [6, 6.07) is 74.3. The van der Waals surface area contributed by atoms with Crippen LogP contribution in [0.4, 0.5) is 0 Å². The third kappa shape index (κ3) is 5.15. The summed E-state index contributed by atoms with van der Waals surface area (Å²) in [5.74, 6) is 0. The van der Waals surface area contributed by atoms with Crippen molar-refractivity contribution in [1.82, 2.24) is 9.13 Å². The fourth-order valence-corrected chi connectivity index (χ4v) is 15.1. The molecule has 0 aliphatic heterocycles. The van der Waals surface area contributed by atoms with Gasteiger partial charge in [-0.2, -0.15) is 0 Å². The van der Waals surface area contributed by atoms with Crippen LogP contribution >= 0.6 is 0 Å². The highest BCUT2D eigenvalue weighted by Crippen LogP contribution is 2.40. The SMILES string of the molecule is CC(C)(C)[Si](c1ccccc1)(c1ccccc1)c1ccc2c3ccccc3n(-c3ccc4c(c3)c3ccccc3n4-c3ccc(-c4ccccc4)cc3)c2c1. The first-order chi connectivity index (χ1) is 26.9. The van der Waals surface area contributed by atoms with Gasteiger partial charge in [-0.3, -0.25) is 0 Å². The molecule has 0 fully saturated rings. The molecule has 0 radical (unpaired) electrons. The van der Waals surface area contributed by atoms with E-state index in [9.17, 15) is 0 Å². The number of fused-ring (bicyclic) bond motifs is 6. The predicted molar refractivity (Wildman–Crippen MR) is 238 cm³/mol. The molecule has 0 unspecified atom stereocenters. The smallest absolute Gasteiger partial charge is 0.153 e. The Bertz CT molecular complexity index is 2950. The van der Waals surface area contributed by atoms with Crippen molar-refractivity contribution in [2.45, 2.75) is 25.8 Å². The quantitative estimate of drug-likeness (QED) is 0.119. The highest BCUT2D eigenvalue weighted by molar-refractivity contribution is 7.13. The average molecular weight is 723 g/mol. The molecule has 0 atom stereocenters. The summed E-state index contributed by atoms with van der Waals surface area (Å²) in [5, 5.41) is 9.31. The highest BCUT2D eigenvalue weighted by Gasteiger charge is 2.49. The lowest BCUT2D eigenvalue weighted by Crippen LogP contribution is -2.72. The van der Waals surface area contributed by atoms with Crippen molar-refractivity contribution >= 4 is 67.2 Å². The molecule has 0 saturated heterocycles. The number of nitrogens with zero attached hydrogens (tertiary/aromatic N) is 2. The normalized spacial score (nSPS) is 12.3. The van der Waals surface area contributed by atoms with Crippen molar-refractivity contribution in [2.24, 2.45) is 0 Å². The molecule has 0 aliphatic rings. The van der Waals surface area contributed by atoms with E-state index in [0.717, 1.165) is 5.69 Å². The molecule has 0 bridgehead atoms. The van der Waals surface area contributed by atoms with Crippen LogP contribution in [0, 0.1) is 0 Å². The Kier molecular flexibility index (Phi) is 7.76. The number of hydrogen-bond donors (Lipinski definition) is 0. The Morgan fingerprint density at radius 2 is 0.782 bits per heavy atom. The van der Waals surface area contributed by atoms with Gasteiger partial charge in [0.25, 0.3) is 0 Å². The van der Waals surface area contributed by atoms with Gasteiger partial charge in [-0.05, 0) is 80.3 Å². The van der Waals surface area contributed by atoms with Crippen molar-refractivity contribution < 1.29 is 0 Å². The molecule has 10 aromatic rings. The standard InChI is InChI=1S/C52H42N2Si/c1-52(2,3)55(41-19-9-5-10-20-41,42-21-11-6-12-22-42)43-32-33-46-44-23-13-15-25-48(44)54(51(46)36-43)40-31-34-50-47(35-40)45-24-14-16-26-49(45)53(50)39-29-27-38(28-30-39)37-17-7-4-8-18-37/h4-36H,1-3H3. The summed E-state index contributed by atoms with van der Waals surface area (Å²) in [4.78, 5) is 0. The van der Waals surface area contributed by atoms with Gasteiger partial charge in [0, 0.05) is 32.9 Å². The lowest BCUT2D eigenvalue weighted by atomic mass is 10.1. The number of hydrogen-bond acceptors (Lipinski definition) is 0. The first-order valence-corrected chi connectivity index (χ1v) is 21.3. The van der Waals surface area contributed by atoms with E-state index in [1.165, 1.54) is 76.0 Å². The molecule has 2 aromatic heterocycles. The Labute approximate surface area is 323 Å². The maximum absolute atomic E-state index is 2.57. The van der Waals surface area contributed by atoms with Crippen molar-refractivity contribution in [1.29, 1.82) is 0 Å². The highest BCUT2D eigenvalue weighted by atomic mass is 28.3. The van der Waals surface area contributed by atoms with Gasteiger partial charge in [0.1, 0.15) is 0 Å². The summed E-state index contributed by atoms with van der Waals surface area (Å²) >= 11 is 0. The maximum Gasteiger partial charge on any atom is 0.153 e. The molecule has 0 spiro atoms. The fourth-order valence-electron chi connectivity index (χ4n) is 9.47. The zero-order valence-corrected chi connectivity index (χ0v) is 32.4. The second-order valence-electron chi connectivity index (χ2n) is 15.8. The van der Waals surface area contributed by atoms with Crippen LogP contribution in [0.2, 0.25) is 5.04 Å². The van der Waals surface area contributed by atoms with Crippen molar-refractivity contribution in [3.05, 3.63) is 200 Å². The largest absolute Gasteiger partial charge is 0.309 e. The van der Waals surface area contributed by atoms with E-state index in [1.807, 2.05) is 0 Å². The van der Waals surface area contributed by atoms with Crippen LogP contribution in [-0.4, -0.2) is 17.2 Å². The first kappa shape index (κ1) is 33.2. The van der Waals surface area contributed by atoms with Gasteiger partial charge in [0.2, 0.25) is 0 Å². The molecule has 0 N–H and O–H groups in total. The molecule has 0 saturated carbocycles. The van der Waals surface area contributed by atoms with E-state index >= 15 is 0 Å². The second-order valence-corrected chi connectivity index (χ2v) is 20.5. The number of rotatable bonds is 6. The summed E-state index contributed by atoms with van der Waals surface area (Å²) < 4.78 is 4.92. The number of benzene rings is 8. The van der Waals surface area contributed by atoms with E-state index in [-0.39, 0.29) is 5.04 Å². The maximum atomic E-state index is 2.54. The second kappa shape index (κ2) is 12.9. The van der Waals surface area contributed by atoms with E-state index < -0.39 is 8.07 Å². The fraction of sp³-hybridized carbons (Fsp3) is 0.0769. The van der Waals surface area contributed by atoms with E-state index in [1.54, 1.807) is 0 Å². The number of para-hydroxylation sites is 2. The van der Waals surface area contributed by atoms with Crippen LogP contribution in [-0.2, 0) is 0 Å². The monoisotopic (exact) mass is 722 g/mol. The number of aromatic nitrogens is 2. The predicted octanol–water partition coefficient (Wildman–Crippen LogP) is 11.8. The summed E-state index contributed by atoms with van der Waals surface area (Å²) in [6.45, 7) is 7.33. The van der Waals surface area contributed by atoms with Gasteiger partial charge in [0.15, 0.2) is 8.07 Å². The van der Waals surface area contributed by atoms with Crippen molar-refractivity contribution in [2.75, 3.05) is 0 Å². The molecule has 10 rings (SSSR count). The minimum absolute atomic E-state index is 0.0136. The van der Waals surface area contributed by atoms with Crippen molar-refractivity contribution in [3.63, 3.8) is 0 Å². The zero-order chi connectivity index (χ0) is 37.1. The lowest BCUT2D eigenvalue weighted by molar-refractivity contribution is 0.739. The van der Waals surface area contributed by atoms with Crippen LogP contribution in [0.1, 0.15) is 20.8 Å². The van der Waals surface area contributed by atoms with Gasteiger partial charge in [0.05, 0.1) is 22.1 Å². The van der Waals surface area contributed by atoms with E-state index in [4.69, 9.17) is 0 Å². The average Bonchev–Trinajstić information content (AvgIpc) is 3.74. The van der Waals surface area contributed by atoms with E-state index in [2.05, 4.69) is 230 Å². The van der Waals surface area contributed by atoms with Crippen LogP contribution in [0.25, 0.3) is 66.1 Å². The molecule has 0 aliphatic carbocycles. The Morgan fingerprint density at radius 3 is 1.38 bits per heavy atom. The molecule has 2 heterocycles. The minimum atomic E-state index is -2.57. The van der Waals surface area contributed by atoms with Crippen molar-refractivity contribution in [3.8, 4) is 22.5 Å². The molecular formula is C52H42N2Si. The van der Waals surface area contributed by atoms with E-state index in [0.29, 0.717) is 0 Å². The Morgan fingerprint density at radius 1 is 0.327 bits per heavy atom. The third-order valence-corrected chi connectivity index (χ3v) is 17.6. The Hall–Kier alpha value is -6.42. The van der Waals surface area contributed by atoms with Crippen LogP contribution in [0.15, 0.2) is 200 Å². The summed E-state index contributed by atoms with van der Waals surface area (Å²) in [6.07, 6.45) is 0. The van der Waals surface area contributed by atoms with Gasteiger partial charge >= 0.3 is 0 Å². The molecule has 55 heavy (non-hydrogen) atoms. The zero-order valence-electron chi connectivity index (χ0n) is 31.4. The molecule has 0 amide bonds. The topological polar surface area (TPSA) is 9.86 Å². The molecule has 264 valence electrons. The molecule has 3 heteroatoms. The summed E-state index contributed by atoms with van der Waals surface area (Å²) in [5.41, 5.74) is 9.64. The van der Waals surface area contributed by atoms with Crippen LogP contribution in [0.5, 0.6) is 0 Å². The van der Waals surface area contributed by atoms with Crippen LogP contribution < -0.4 is 15.6 Å². The first-order valence-electron chi connectivity index (χ1n) is 19.3. The van der Waals surface area contributed by atoms with Crippen LogP contribution in [0.3, 0.4) is 0 Å². The lowest BCUT2D eigenvalue weighted by Gasteiger charge is -2.44. The van der Waals surface area contributed by atoms with Gasteiger partial charge in [-0.15, -0.1) is 0 Å². The molecular weight excluding hydrogens is 681 g/mol.